The van der Waals surface area contributed by atoms with E-state index in [-0.39, 0.29) is 6.23 Å². The normalized spacial score (nSPS) is 18.7. The van der Waals surface area contributed by atoms with Crippen molar-refractivity contribution in [1.29, 1.82) is 0 Å². The van der Waals surface area contributed by atoms with Crippen molar-refractivity contribution in [2.45, 2.75) is 20.1 Å². The molecule has 0 bridgehead atoms. The fraction of sp³-hybridized carbons (Fsp3) is 0.357. The number of nitrogens with zero attached hydrogens (tertiary/aromatic N) is 2. The first kappa shape index (κ1) is 12.6. The Kier molecular flexibility index (Phi) is 4.36. The fourth-order valence-corrected chi connectivity index (χ4v) is 1.77. The van der Waals surface area contributed by atoms with E-state index in [9.17, 15) is 0 Å². The molecule has 0 radical (unpaired) electrons. The smallest absolute Gasteiger partial charge is 0.230 e. The van der Waals surface area contributed by atoms with Crippen molar-refractivity contribution in [1.82, 2.24) is 0 Å². The number of hydrogen-bond donors (Lipinski definition) is 0. The van der Waals surface area contributed by atoms with Gasteiger partial charge in [0, 0.05) is 12.3 Å². The van der Waals surface area contributed by atoms with Crippen LogP contribution in [0.5, 0.6) is 0 Å². The van der Waals surface area contributed by atoms with E-state index >= 15 is 0 Å². The van der Waals surface area contributed by atoms with E-state index < -0.39 is 0 Å². The molecule has 1 aliphatic heterocycles. The van der Waals surface area contributed by atoms with E-state index in [2.05, 4.69) is 4.99 Å². The predicted octanol–water partition coefficient (Wildman–Crippen LogP) is 2.78. The molecular formula is C14H18N2O2. The number of para-hydroxylation sites is 1. The molecule has 1 aliphatic rings. The van der Waals surface area contributed by atoms with Crippen LogP contribution < -0.4 is 4.90 Å². The maximum Gasteiger partial charge on any atom is 0.230 e. The highest BCUT2D eigenvalue weighted by molar-refractivity contribution is 5.73. The van der Waals surface area contributed by atoms with E-state index in [0.717, 1.165) is 5.69 Å². The SMILES string of the molecule is CCOC1=CN(c2ccccc2)C(OCC)C=N1. The van der Waals surface area contributed by atoms with Crippen LogP contribution in [0.2, 0.25) is 0 Å². The van der Waals surface area contributed by atoms with E-state index in [1.54, 1.807) is 6.21 Å². The molecule has 0 fully saturated rings. The third kappa shape index (κ3) is 2.90. The number of aliphatic imine (C=N–C) groups is 1. The monoisotopic (exact) mass is 246 g/mol. The molecule has 4 nitrogen and oxygen atoms in total. The average Bonchev–Trinajstić information content (AvgIpc) is 2.42. The zero-order chi connectivity index (χ0) is 12.8. The lowest BCUT2D eigenvalue weighted by Gasteiger charge is -2.30. The van der Waals surface area contributed by atoms with Gasteiger partial charge >= 0.3 is 0 Å². The summed E-state index contributed by atoms with van der Waals surface area (Å²) < 4.78 is 11.1. The Morgan fingerprint density at radius 3 is 2.61 bits per heavy atom. The summed E-state index contributed by atoms with van der Waals surface area (Å²) in [6.45, 7) is 5.15. The van der Waals surface area contributed by atoms with E-state index in [0.29, 0.717) is 19.1 Å². The van der Waals surface area contributed by atoms with Gasteiger partial charge in [0.2, 0.25) is 5.88 Å². The van der Waals surface area contributed by atoms with E-state index in [1.165, 1.54) is 0 Å². The molecule has 1 aromatic rings. The second-order valence-corrected chi connectivity index (χ2v) is 3.77. The first-order valence-electron chi connectivity index (χ1n) is 6.19. The van der Waals surface area contributed by atoms with Crippen LogP contribution in [0.15, 0.2) is 47.4 Å². The highest BCUT2D eigenvalue weighted by atomic mass is 16.5. The maximum atomic E-state index is 5.65. The third-order valence-corrected chi connectivity index (χ3v) is 2.54. The second-order valence-electron chi connectivity index (χ2n) is 3.77. The van der Waals surface area contributed by atoms with Crippen LogP contribution in [-0.2, 0) is 9.47 Å². The molecule has 0 saturated heterocycles. The van der Waals surface area contributed by atoms with Crippen molar-refractivity contribution in [3.63, 3.8) is 0 Å². The zero-order valence-corrected chi connectivity index (χ0v) is 10.7. The quantitative estimate of drug-likeness (QED) is 0.801. The summed E-state index contributed by atoms with van der Waals surface area (Å²) in [6.07, 6.45) is 3.46. The van der Waals surface area contributed by atoms with Crippen molar-refractivity contribution in [3.8, 4) is 0 Å². The van der Waals surface area contributed by atoms with Gasteiger partial charge in [0.1, 0.15) is 0 Å². The Morgan fingerprint density at radius 2 is 1.94 bits per heavy atom. The molecule has 1 unspecified atom stereocenters. The molecule has 0 amide bonds. The van der Waals surface area contributed by atoms with Gasteiger partial charge in [0.15, 0.2) is 6.23 Å². The maximum absolute atomic E-state index is 5.65. The fourth-order valence-electron chi connectivity index (χ4n) is 1.77. The summed E-state index contributed by atoms with van der Waals surface area (Å²) in [6, 6.07) is 10.1. The predicted molar refractivity (Wildman–Crippen MR) is 72.5 cm³/mol. The molecule has 2 rings (SSSR count). The van der Waals surface area contributed by atoms with Crippen LogP contribution in [0, 0.1) is 0 Å². The average molecular weight is 246 g/mol. The summed E-state index contributed by atoms with van der Waals surface area (Å²) >= 11 is 0. The van der Waals surface area contributed by atoms with Crippen molar-refractivity contribution < 1.29 is 9.47 Å². The molecule has 0 aliphatic carbocycles. The van der Waals surface area contributed by atoms with Crippen LogP contribution in [0.25, 0.3) is 0 Å². The van der Waals surface area contributed by atoms with Gasteiger partial charge in [0.05, 0.1) is 19.0 Å². The van der Waals surface area contributed by atoms with Crippen LogP contribution in [0.1, 0.15) is 13.8 Å². The van der Waals surface area contributed by atoms with Crippen LogP contribution in [0.4, 0.5) is 5.69 Å². The van der Waals surface area contributed by atoms with Gasteiger partial charge in [-0.1, -0.05) is 18.2 Å². The van der Waals surface area contributed by atoms with Gasteiger partial charge in [-0.05, 0) is 26.0 Å². The topological polar surface area (TPSA) is 34.1 Å². The van der Waals surface area contributed by atoms with Gasteiger partial charge in [-0.2, -0.15) is 0 Å². The molecule has 0 N–H and O–H groups in total. The third-order valence-electron chi connectivity index (χ3n) is 2.54. The minimum atomic E-state index is -0.179. The van der Waals surface area contributed by atoms with Crippen molar-refractivity contribution in [2.24, 2.45) is 4.99 Å². The summed E-state index contributed by atoms with van der Waals surface area (Å²) in [5, 5.41) is 0. The Hall–Kier alpha value is -1.81. The minimum absolute atomic E-state index is 0.179. The van der Waals surface area contributed by atoms with Gasteiger partial charge in [-0.25, -0.2) is 4.99 Å². The standard InChI is InChI=1S/C14H18N2O2/c1-3-17-13-11-16(12-8-6-5-7-9-12)14(10-15-13)18-4-2/h5-11,14H,3-4H2,1-2H3. The summed E-state index contributed by atoms with van der Waals surface area (Å²) in [4.78, 5) is 6.26. The lowest BCUT2D eigenvalue weighted by molar-refractivity contribution is 0.112. The summed E-state index contributed by atoms with van der Waals surface area (Å²) in [5.41, 5.74) is 1.05. The van der Waals surface area contributed by atoms with E-state index in [4.69, 9.17) is 9.47 Å². The number of benzene rings is 1. The van der Waals surface area contributed by atoms with Crippen LogP contribution in [-0.4, -0.2) is 25.7 Å². The van der Waals surface area contributed by atoms with Gasteiger partial charge < -0.3 is 14.4 Å². The lowest BCUT2D eigenvalue weighted by atomic mass is 10.3. The van der Waals surface area contributed by atoms with Gasteiger partial charge in [0.25, 0.3) is 0 Å². The molecular weight excluding hydrogens is 228 g/mol. The Balaban J connectivity index is 2.23. The molecule has 1 atom stereocenters. The minimum Gasteiger partial charge on any atom is -0.477 e. The number of rotatable bonds is 5. The van der Waals surface area contributed by atoms with Crippen molar-refractivity contribution >= 4 is 11.9 Å². The lowest BCUT2D eigenvalue weighted by Crippen LogP contribution is -2.37. The van der Waals surface area contributed by atoms with Gasteiger partial charge in [-0.15, -0.1) is 0 Å². The molecule has 0 saturated carbocycles. The Labute approximate surface area is 108 Å². The van der Waals surface area contributed by atoms with Crippen molar-refractivity contribution in [2.75, 3.05) is 18.1 Å². The number of hydrogen-bond acceptors (Lipinski definition) is 4. The van der Waals surface area contributed by atoms with Crippen LogP contribution >= 0.6 is 0 Å². The Bertz CT molecular complexity index is 429. The number of ether oxygens (including phenoxy) is 2. The van der Waals surface area contributed by atoms with E-state index in [1.807, 2.05) is 55.3 Å². The zero-order valence-electron chi connectivity index (χ0n) is 10.7. The highest BCUT2D eigenvalue weighted by Crippen LogP contribution is 2.21. The molecule has 1 aromatic carbocycles. The first-order valence-corrected chi connectivity index (χ1v) is 6.19. The molecule has 1 heterocycles. The van der Waals surface area contributed by atoms with Crippen molar-refractivity contribution in [3.05, 3.63) is 42.4 Å². The largest absolute Gasteiger partial charge is 0.477 e. The first-order chi connectivity index (χ1) is 8.85. The molecule has 18 heavy (non-hydrogen) atoms. The van der Waals surface area contributed by atoms with Gasteiger partial charge in [-0.3, -0.25) is 0 Å². The summed E-state index contributed by atoms with van der Waals surface area (Å²) in [5.74, 6) is 0.609. The molecule has 0 aromatic heterocycles. The van der Waals surface area contributed by atoms with Crippen LogP contribution in [0.3, 0.4) is 0 Å². The Morgan fingerprint density at radius 1 is 1.17 bits per heavy atom. The molecule has 96 valence electrons. The molecule has 0 spiro atoms. The molecule has 4 heteroatoms. The second kappa shape index (κ2) is 6.21. The summed E-state index contributed by atoms with van der Waals surface area (Å²) in [7, 11) is 0. The number of anilines is 1. The highest BCUT2D eigenvalue weighted by Gasteiger charge is 2.20.